The summed E-state index contributed by atoms with van der Waals surface area (Å²) >= 11 is 5.84. The van der Waals surface area contributed by atoms with Crippen molar-refractivity contribution in [3.63, 3.8) is 0 Å². The van der Waals surface area contributed by atoms with Gasteiger partial charge in [0.15, 0.2) is 0 Å². The van der Waals surface area contributed by atoms with Gasteiger partial charge in [-0.05, 0) is 43.5 Å². The van der Waals surface area contributed by atoms with Crippen molar-refractivity contribution < 1.29 is 9.90 Å². The van der Waals surface area contributed by atoms with Crippen molar-refractivity contribution in [2.75, 3.05) is 6.61 Å². The largest absolute Gasteiger partial charge is 0.396 e. The van der Waals surface area contributed by atoms with Crippen molar-refractivity contribution in [2.24, 2.45) is 5.92 Å². The molecule has 0 radical (unpaired) electrons. The normalized spacial score (nSPS) is 14.2. The van der Waals surface area contributed by atoms with Crippen LogP contribution in [-0.2, 0) is 0 Å². The molecule has 0 aliphatic carbocycles. The second kappa shape index (κ2) is 6.03. The summed E-state index contributed by atoms with van der Waals surface area (Å²) in [5.41, 5.74) is 1.46. The average molecular weight is 256 g/mol. The molecule has 1 aromatic rings. The van der Waals surface area contributed by atoms with E-state index < -0.39 is 0 Å². The fourth-order valence-electron chi connectivity index (χ4n) is 1.47. The van der Waals surface area contributed by atoms with Crippen molar-refractivity contribution >= 4 is 17.5 Å². The zero-order valence-corrected chi connectivity index (χ0v) is 11.1. The Balaban J connectivity index is 2.76. The standard InChI is InChI=1S/C13H18ClNO2/c1-8-6-11(14)4-5-12(8)13(17)15-10(3)9(2)7-16/h4-6,9-10,16H,7H2,1-3H3,(H,15,17)/t9-,10-/m1/s1. The van der Waals surface area contributed by atoms with E-state index in [0.29, 0.717) is 10.6 Å². The monoisotopic (exact) mass is 255 g/mol. The smallest absolute Gasteiger partial charge is 0.251 e. The molecule has 2 atom stereocenters. The fraction of sp³-hybridized carbons (Fsp3) is 0.462. The molecule has 0 saturated carbocycles. The topological polar surface area (TPSA) is 49.3 Å². The molecular formula is C13H18ClNO2. The molecule has 3 nitrogen and oxygen atoms in total. The maximum atomic E-state index is 12.0. The average Bonchev–Trinajstić information content (AvgIpc) is 2.27. The third-order valence-electron chi connectivity index (χ3n) is 2.93. The molecule has 0 aromatic heterocycles. The Labute approximate surface area is 107 Å². The van der Waals surface area contributed by atoms with Crippen LogP contribution in [0.5, 0.6) is 0 Å². The number of hydrogen-bond donors (Lipinski definition) is 2. The lowest BCUT2D eigenvalue weighted by Gasteiger charge is -2.19. The Morgan fingerprint density at radius 2 is 2.12 bits per heavy atom. The third-order valence-corrected chi connectivity index (χ3v) is 3.17. The van der Waals surface area contributed by atoms with Crippen LogP contribution in [0, 0.1) is 12.8 Å². The minimum atomic E-state index is -0.132. The lowest BCUT2D eigenvalue weighted by molar-refractivity contribution is 0.0915. The van der Waals surface area contributed by atoms with Crippen molar-refractivity contribution in [2.45, 2.75) is 26.8 Å². The summed E-state index contributed by atoms with van der Waals surface area (Å²) in [6.07, 6.45) is 0. The number of benzene rings is 1. The highest BCUT2D eigenvalue weighted by atomic mass is 35.5. The van der Waals surface area contributed by atoms with Gasteiger partial charge in [-0.3, -0.25) is 4.79 Å². The number of nitrogens with one attached hydrogen (secondary N) is 1. The first kappa shape index (κ1) is 14.0. The van der Waals surface area contributed by atoms with E-state index in [0.717, 1.165) is 5.56 Å². The molecule has 0 aliphatic heterocycles. The highest BCUT2D eigenvalue weighted by molar-refractivity contribution is 6.30. The number of aliphatic hydroxyl groups is 1. The van der Waals surface area contributed by atoms with Gasteiger partial charge in [0.2, 0.25) is 0 Å². The number of amides is 1. The highest BCUT2D eigenvalue weighted by Crippen LogP contribution is 2.15. The van der Waals surface area contributed by atoms with E-state index in [9.17, 15) is 4.79 Å². The maximum absolute atomic E-state index is 12.0. The number of aliphatic hydroxyl groups excluding tert-OH is 1. The predicted octanol–water partition coefficient (Wildman–Crippen LogP) is 2.40. The SMILES string of the molecule is Cc1cc(Cl)ccc1C(=O)N[C@H](C)[C@H](C)CO. The Hall–Kier alpha value is -1.06. The molecular weight excluding hydrogens is 238 g/mol. The molecule has 2 N–H and O–H groups in total. The molecule has 0 heterocycles. The summed E-state index contributed by atoms with van der Waals surface area (Å²) in [5, 5.41) is 12.5. The Morgan fingerprint density at radius 3 is 2.65 bits per heavy atom. The van der Waals surface area contributed by atoms with Gasteiger partial charge in [-0.1, -0.05) is 18.5 Å². The predicted molar refractivity (Wildman–Crippen MR) is 69.4 cm³/mol. The van der Waals surface area contributed by atoms with E-state index in [1.807, 2.05) is 20.8 Å². The van der Waals surface area contributed by atoms with Crippen LogP contribution in [0.25, 0.3) is 0 Å². The van der Waals surface area contributed by atoms with Crippen LogP contribution < -0.4 is 5.32 Å². The molecule has 0 saturated heterocycles. The third kappa shape index (κ3) is 3.72. The zero-order chi connectivity index (χ0) is 13.0. The van der Waals surface area contributed by atoms with Crippen LogP contribution in [0.2, 0.25) is 5.02 Å². The molecule has 0 spiro atoms. The maximum Gasteiger partial charge on any atom is 0.251 e. The quantitative estimate of drug-likeness (QED) is 0.868. The summed E-state index contributed by atoms with van der Waals surface area (Å²) in [6.45, 7) is 5.67. The second-order valence-electron chi connectivity index (χ2n) is 4.38. The molecule has 1 rings (SSSR count). The van der Waals surface area contributed by atoms with Crippen LogP contribution in [0.15, 0.2) is 18.2 Å². The van der Waals surface area contributed by atoms with Gasteiger partial charge in [0, 0.05) is 23.2 Å². The second-order valence-corrected chi connectivity index (χ2v) is 4.82. The number of aryl methyl sites for hydroxylation is 1. The van der Waals surface area contributed by atoms with Crippen LogP contribution in [0.4, 0.5) is 0 Å². The van der Waals surface area contributed by atoms with Gasteiger partial charge in [0.25, 0.3) is 5.91 Å². The van der Waals surface area contributed by atoms with Gasteiger partial charge in [-0.15, -0.1) is 0 Å². The molecule has 94 valence electrons. The molecule has 1 amide bonds. The summed E-state index contributed by atoms with van der Waals surface area (Å²) in [4.78, 5) is 12.0. The number of carbonyl (C=O) groups is 1. The van der Waals surface area contributed by atoms with Crippen LogP contribution in [0.1, 0.15) is 29.8 Å². The van der Waals surface area contributed by atoms with Gasteiger partial charge >= 0.3 is 0 Å². The van der Waals surface area contributed by atoms with Crippen molar-refractivity contribution in [3.8, 4) is 0 Å². The van der Waals surface area contributed by atoms with Crippen molar-refractivity contribution in [1.82, 2.24) is 5.32 Å². The molecule has 0 unspecified atom stereocenters. The first-order chi connectivity index (χ1) is 7.95. The minimum absolute atomic E-state index is 0.0338. The van der Waals surface area contributed by atoms with E-state index in [2.05, 4.69) is 5.32 Å². The lowest BCUT2D eigenvalue weighted by Crippen LogP contribution is -2.38. The van der Waals surface area contributed by atoms with Crippen LogP contribution in [0.3, 0.4) is 0 Å². The summed E-state index contributed by atoms with van der Waals surface area (Å²) in [6, 6.07) is 5.10. The van der Waals surface area contributed by atoms with Crippen LogP contribution in [-0.4, -0.2) is 23.7 Å². The van der Waals surface area contributed by atoms with Gasteiger partial charge in [0.05, 0.1) is 0 Å². The fourth-order valence-corrected chi connectivity index (χ4v) is 1.69. The molecule has 4 heteroatoms. The number of hydrogen-bond acceptors (Lipinski definition) is 2. The molecule has 0 fully saturated rings. The molecule has 0 aliphatic rings. The molecule has 0 bridgehead atoms. The lowest BCUT2D eigenvalue weighted by atomic mass is 10.0. The van der Waals surface area contributed by atoms with E-state index in [1.54, 1.807) is 18.2 Å². The Morgan fingerprint density at radius 1 is 1.47 bits per heavy atom. The summed E-state index contributed by atoms with van der Waals surface area (Å²) < 4.78 is 0. The van der Waals surface area contributed by atoms with E-state index in [4.69, 9.17) is 16.7 Å². The van der Waals surface area contributed by atoms with Gasteiger partial charge < -0.3 is 10.4 Å². The molecule has 1 aromatic carbocycles. The van der Waals surface area contributed by atoms with E-state index in [1.165, 1.54) is 0 Å². The van der Waals surface area contributed by atoms with Gasteiger partial charge in [0.1, 0.15) is 0 Å². The van der Waals surface area contributed by atoms with E-state index >= 15 is 0 Å². The number of halogens is 1. The van der Waals surface area contributed by atoms with Crippen LogP contribution >= 0.6 is 11.6 Å². The first-order valence-corrected chi connectivity index (χ1v) is 6.01. The summed E-state index contributed by atoms with van der Waals surface area (Å²) in [5.74, 6) is -0.0986. The Kier molecular flexibility index (Phi) is 4.97. The summed E-state index contributed by atoms with van der Waals surface area (Å²) in [7, 11) is 0. The first-order valence-electron chi connectivity index (χ1n) is 5.63. The zero-order valence-electron chi connectivity index (χ0n) is 10.3. The molecule has 17 heavy (non-hydrogen) atoms. The Bertz CT molecular complexity index is 406. The number of carbonyl (C=O) groups excluding carboxylic acids is 1. The van der Waals surface area contributed by atoms with Gasteiger partial charge in [-0.25, -0.2) is 0 Å². The number of rotatable bonds is 4. The van der Waals surface area contributed by atoms with Crippen molar-refractivity contribution in [1.29, 1.82) is 0 Å². The van der Waals surface area contributed by atoms with E-state index in [-0.39, 0.29) is 24.5 Å². The van der Waals surface area contributed by atoms with Gasteiger partial charge in [-0.2, -0.15) is 0 Å². The minimum Gasteiger partial charge on any atom is -0.396 e. The van der Waals surface area contributed by atoms with Crippen molar-refractivity contribution in [3.05, 3.63) is 34.3 Å². The highest BCUT2D eigenvalue weighted by Gasteiger charge is 2.16.